The van der Waals surface area contributed by atoms with Gasteiger partial charge in [0.25, 0.3) is 0 Å². The predicted octanol–water partition coefficient (Wildman–Crippen LogP) is 2.01. The van der Waals surface area contributed by atoms with E-state index in [9.17, 15) is 4.79 Å². The molecular formula is C15H28N2O3. The van der Waals surface area contributed by atoms with Crippen molar-refractivity contribution in [2.45, 2.75) is 58.8 Å². The molecule has 20 heavy (non-hydrogen) atoms. The first-order valence-corrected chi connectivity index (χ1v) is 7.39. The number of carbonyl (C=O) groups excluding carboxylic acids is 1. The molecule has 1 N–H and O–H groups in total. The van der Waals surface area contributed by atoms with Crippen LogP contribution in [0.25, 0.3) is 0 Å². The van der Waals surface area contributed by atoms with Gasteiger partial charge < -0.3 is 19.7 Å². The Morgan fingerprint density at radius 3 is 2.35 bits per heavy atom. The van der Waals surface area contributed by atoms with Gasteiger partial charge in [-0.1, -0.05) is 20.8 Å². The summed E-state index contributed by atoms with van der Waals surface area (Å²) in [6, 6.07) is 0.252. The molecule has 1 atom stereocenters. The van der Waals surface area contributed by atoms with E-state index in [2.05, 4.69) is 26.1 Å². The fourth-order valence-corrected chi connectivity index (χ4v) is 3.15. The first-order valence-electron chi connectivity index (χ1n) is 7.39. The zero-order valence-corrected chi connectivity index (χ0v) is 13.6. The van der Waals surface area contributed by atoms with E-state index in [1.54, 1.807) is 4.90 Å². The van der Waals surface area contributed by atoms with Gasteiger partial charge in [0.2, 0.25) is 0 Å². The van der Waals surface area contributed by atoms with Crippen LogP contribution in [0.1, 0.15) is 41.5 Å². The van der Waals surface area contributed by atoms with Crippen LogP contribution in [0.4, 0.5) is 4.79 Å². The third-order valence-electron chi connectivity index (χ3n) is 3.80. The summed E-state index contributed by atoms with van der Waals surface area (Å²) in [5.41, 5.74) is -0.608. The van der Waals surface area contributed by atoms with Crippen molar-refractivity contribution in [3.8, 4) is 0 Å². The molecule has 2 rings (SSSR count). The van der Waals surface area contributed by atoms with Crippen LogP contribution in [0, 0.1) is 5.41 Å². The Morgan fingerprint density at radius 2 is 1.85 bits per heavy atom. The van der Waals surface area contributed by atoms with Crippen molar-refractivity contribution in [1.29, 1.82) is 0 Å². The van der Waals surface area contributed by atoms with E-state index in [0.717, 1.165) is 6.54 Å². The molecule has 2 aliphatic heterocycles. The summed E-state index contributed by atoms with van der Waals surface area (Å²) in [5.74, 6) is 0. The third kappa shape index (κ3) is 3.09. The summed E-state index contributed by atoms with van der Waals surface area (Å²) >= 11 is 0. The van der Waals surface area contributed by atoms with E-state index in [-0.39, 0.29) is 23.2 Å². The first kappa shape index (κ1) is 15.6. The Bertz CT molecular complexity index is 376. The van der Waals surface area contributed by atoms with Crippen molar-refractivity contribution >= 4 is 6.09 Å². The van der Waals surface area contributed by atoms with Gasteiger partial charge in [-0.15, -0.1) is 0 Å². The smallest absolute Gasteiger partial charge is 0.410 e. The molecule has 5 heteroatoms. The molecule has 5 nitrogen and oxygen atoms in total. The van der Waals surface area contributed by atoms with Gasteiger partial charge in [0.05, 0.1) is 19.7 Å². The second-order valence-corrected chi connectivity index (χ2v) is 8.00. The van der Waals surface area contributed by atoms with Crippen LogP contribution in [0.15, 0.2) is 0 Å². The van der Waals surface area contributed by atoms with Gasteiger partial charge in [-0.05, 0) is 26.2 Å². The van der Waals surface area contributed by atoms with E-state index in [4.69, 9.17) is 9.47 Å². The monoisotopic (exact) mass is 284 g/mol. The Morgan fingerprint density at radius 1 is 1.25 bits per heavy atom. The number of morpholine rings is 1. The van der Waals surface area contributed by atoms with Crippen molar-refractivity contribution in [2.75, 3.05) is 26.2 Å². The average Bonchev–Trinajstić information content (AvgIpc) is 2.21. The summed E-state index contributed by atoms with van der Waals surface area (Å²) in [5, 5.41) is 3.56. The zero-order valence-electron chi connectivity index (χ0n) is 13.6. The molecule has 116 valence electrons. The topological polar surface area (TPSA) is 50.8 Å². The number of likely N-dealkylation sites (tertiary alicyclic amines) is 1. The molecule has 2 saturated heterocycles. The summed E-state index contributed by atoms with van der Waals surface area (Å²) in [7, 11) is 0. The number of nitrogens with one attached hydrogen (secondary N) is 1. The number of amides is 1. The fraction of sp³-hybridized carbons (Fsp3) is 0.933. The van der Waals surface area contributed by atoms with Crippen molar-refractivity contribution in [3.63, 3.8) is 0 Å². The molecule has 0 aromatic rings. The SMILES string of the molecule is CC(C)(C)OC(=O)N1CC2(C1)OCCNC2C(C)(C)C. The van der Waals surface area contributed by atoms with E-state index in [1.807, 2.05) is 20.8 Å². The first-order chi connectivity index (χ1) is 9.04. The van der Waals surface area contributed by atoms with Crippen LogP contribution in [0.5, 0.6) is 0 Å². The van der Waals surface area contributed by atoms with Crippen LogP contribution < -0.4 is 5.32 Å². The zero-order chi connectivity index (χ0) is 15.2. The van der Waals surface area contributed by atoms with Gasteiger partial charge >= 0.3 is 6.09 Å². The number of hydrogen-bond acceptors (Lipinski definition) is 4. The normalized spacial score (nSPS) is 26.3. The molecule has 0 bridgehead atoms. The minimum absolute atomic E-state index is 0.0977. The lowest BCUT2D eigenvalue weighted by molar-refractivity contribution is -0.191. The molecular weight excluding hydrogens is 256 g/mol. The molecule has 0 aromatic heterocycles. The molecule has 1 amide bonds. The molecule has 0 radical (unpaired) electrons. The quantitative estimate of drug-likeness (QED) is 0.739. The second-order valence-electron chi connectivity index (χ2n) is 8.00. The lowest BCUT2D eigenvalue weighted by Crippen LogP contribution is -2.77. The summed E-state index contributed by atoms with van der Waals surface area (Å²) in [4.78, 5) is 13.8. The van der Waals surface area contributed by atoms with Gasteiger partial charge in [-0.2, -0.15) is 0 Å². The Balaban J connectivity index is 2.00. The van der Waals surface area contributed by atoms with Gasteiger partial charge in [0.1, 0.15) is 11.2 Å². The molecule has 0 saturated carbocycles. The molecule has 2 aliphatic rings. The molecule has 1 spiro atoms. The molecule has 2 fully saturated rings. The highest BCUT2D eigenvalue weighted by Gasteiger charge is 2.56. The van der Waals surface area contributed by atoms with Crippen molar-refractivity contribution in [1.82, 2.24) is 10.2 Å². The van der Waals surface area contributed by atoms with Crippen molar-refractivity contribution in [3.05, 3.63) is 0 Å². The highest BCUT2D eigenvalue weighted by Crippen LogP contribution is 2.39. The van der Waals surface area contributed by atoms with Crippen LogP contribution in [-0.2, 0) is 9.47 Å². The number of rotatable bonds is 0. The second kappa shape index (κ2) is 4.88. The van der Waals surface area contributed by atoms with Crippen LogP contribution >= 0.6 is 0 Å². The third-order valence-corrected chi connectivity index (χ3v) is 3.80. The minimum atomic E-state index is -0.449. The predicted molar refractivity (Wildman–Crippen MR) is 77.7 cm³/mol. The van der Waals surface area contributed by atoms with E-state index >= 15 is 0 Å². The van der Waals surface area contributed by atoms with E-state index in [0.29, 0.717) is 19.7 Å². The number of ether oxygens (including phenoxy) is 2. The number of hydrogen-bond donors (Lipinski definition) is 1. The van der Waals surface area contributed by atoms with Gasteiger partial charge in [0.15, 0.2) is 0 Å². The number of nitrogens with zero attached hydrogens (tertiary/aromatic N) is 1. The molecule has 1 unspecified atom stereocenters. The lowest BCUT2D eigenvalue weighted by atomic mass is 9.71. The van der Waals surface area contributed by atoms with Crippen LogP contribution in [-0.4, -0.2) is 54.5 Å². The summed E-state index contributed by atoms with van der Waals surface area (Å²) in [6.07, 6.45) is -0.245. The fourth-order valence-electron chi connectivity index (χ4n) is 3.15. The van der Waals surface area contributed by atoms with Gasteiger partial charge in [0, 0.05) is 12.6 Å². The van der Waals surface area contributed by atoms with E-state index < -0.39 is 5.60 Å². The molecule has 0 aromatic carbocycles. The summed E-state index contributed by atoms with van der Waals surface area (Å²) in [6.45, 7) is 15.1. The largest absolute Gasteiger partial charge is 0.444 e. The lowest BCUT2D eigenvalue weighted by Gasteiger charge is -2.58. The Labute approximate surface area is 122 Å². The molecule has 2 heterocycles. The maximum absolute atomic E-state index is 12.1. The Kier molecular flexibility index (Phi) is 3.80. The van der Waals surface area contributed by atoms with Crippen LogP contribution in [0.2, 0.25) is 0 Å². The highest BCUT2D eigenvalue weighted by molar-refractivity contribution is 5.69. The van der Waals surface area contributed by atoms with Crippen LogP contribution in [0.3, 0.4) is 0 Å². The maximum atomic E-state index is 12.1. The molecule has 0 aliphatic carbocycles. The minimum Gasteiger partial charge on any atom is -0.444 e. The Hall–Kier alpha value is -0.810. The number of carbonyl (C=O) groups is 1. The van der Waals surface area contributed by atoms with E-state index in [1.165, 1.54) is 0 Å². The van der Waals surface area contributed by atoms with Crippen molar-refractivity contribution < 1.29 is 14.3 Å². The van der Waals surface area contributed by atoms with Crippen molar-refractivity contribution in [2.24, 2.45) is 5.41 Å². The maximum Gasteiger partial charge on any atom is 0.410 e. The standard InChI is InChI=1S/C15H28N2O3/c1-13(2,3)11-15(19-8-7-16-11)9-17(10-15)12(18)20-14(4,5)6/h11,16H,7-10H2,1-6H3. The highest BCUT2D eigenvalue weighted by atomic mass is 16.6. The average molecular weight is 284 g/mol. The van der Waals surface area contributed by atoms with Gasteiger partial charge in [-0.3, -0.25) is 0 Å². The van der Waals surface area contributed by atoms with Gasteiger partial charge in [-0.25, -0.2) is 4.79 Å². The summed E-state index contributed by atoms with van der Waals surface area (Å²) < 4.78 is 11.4.